The lowest BCUT2D eigenvalue weighted by Crippen LogP contribution is -2.40. The fourth-order valence-electron chi connectivity index (χ4n) is 2.84. The van der Waals surface area contributed by atoms with Crippen LogP contribution in [0.15, 0.2) is 77.7 Å². The first-order valence-corrected chi connectivity index (χ1v) is 10.5. The Morgan fingerprint density at radius 1 is 0.933 bits per heavy atom. The summed E-state index contributed by atoms with van der Waals surface area (Å²) >= 11 is 0. The van der Waals surface area contributed by atoms with Crippen molar-refractivity contribution in [3.05, 3.63) is 78.6 Å². The van der Waals surface area contributed by atoms with Crippen molar-refractivity contribution in [2.75, 3.05) is 16.6 Å². The van der Waals surface area contributed by atoms with E-state index >= 15 is 0 Å². The molecule has 1 atom stereocenters. The summed E-state index contributed by atoms with van der Waals surface area (Å²) in [5.41, 5.74) is 0.233. The number of rotatable bonds is 5. The summed E-state index contributed by atoms with van der Waals surface area (Å²) in [5.74, 6) is -0.0613. The molecule has 1 aliphatic heterocycles. The molecule has 1 amide bonds. The lowest BCUT2D eigenvalue weighted by atomic mass is 10.2. The normalized spacial score (nSPS) is 15.3. The molecule has 0 saturated carbocycles. The summed E-state index contributed by atoms with van der Waals surface area (Å²) in [4.78, 5) is 12.4. The number of fused-ring (bicyclic) bond motifs is 1. The van der Waals surface area contributed by atoms with Crippen LogP contribution >= 0.6 is 0 Å². The predicted octanol–water partition coefficient (Wildman–Crippen LogP) is 3.41. The van der Waals surface area contributed by atoms with Gasteiger partial charge in [0.15, 0.2) is 11.5 Å². The van der Waals surface area contributed by atoms with Gasteiger partial charge < -0.3 is 14.8 Å². The number of hydrogen-bond acceptors (Lipinski definition) is 5. The monoisotopic (exact) mass is 428 g/mol. The molecule has 1 heterocycles. The molecule has 0 fully saturated rings. The second-order valence-corrected chi connectivity index (χ2v) is 8.15. The average Bonchev–Trinajstić information content (AvgIpc) is 2.75. The average molecular weight is 428 g/mol. The molecule has 1 aliphatic rings. The van der Waals surface area contributed by atoms with Crippen molar-refractivity contribution in [1.82, 2.24) is 0 Å². The number of nitrogens with one attached hydrogen (secondary N) is 2. The maximum absolute atomic E-state index is 13.7. The number of para-hydroxylation sites is 3. The van der Waals surface area contributed by atoms with Gasteiger partial charge in [-0.05, 0) is 48.5 Å². The van der Waals surface area contributed by atoms with Crippen LogP contribution in [0.1, 0.15) is 0 Å². The van der Waals surface area contributed by atoms with Crippen molar-refractivity contribution in [1.29, 1.82) is 0 Å². The summed E-state index contributed by atoms with van der Waals surface area (Å²) in [7, 11) is -3.98. The van der Waals surface area contributed by atoms with Crippen molar-refractivity contribution in [3.8, 4) is 11.5 Å². The molecule has 30 heavy (non-hydrogen) atoms. The van der Waals surface area contributed by atoms with Crippen LogP contribution in [0, 0.1) is 5.82 Å². The SMILES string of the molecule is O=C(Nc1ccc(S(=O)(=O)Nc2ccccc2F)cc1)[C@@H]1COc2ccccc2O1. The van der Waals surface area contributed by atoms with E-state index in [2.05, 4.69) is 10.0 Å². The van der Waals surface area contributed by atoms with E-state index < -0.39 is 27.9 Å². The molecule has 9 heteroatoms. The minimum Gasteiger partial charge on any atom is -0.485 e. The van der Waals surface area contributed by atoms with Gasteiger partial charge in [0.05, 0.1) is 10.6 Å². The molecule has 0 spiro atoms. The molecule has 3 aromatic rings. The number of amides is 1. The molecule has 0 bridgehead atoms. The summed E-state index contributed by atoms with van der Waals surface area (Å²) in [5, 5.41) is 2.66. The fraction of sp³-hybridized carbons (Fsp3) is 0.0952. The van der Waals surface area contributed by atoms with Gasteiger partial charge >= 0.3 is 0 Å². The second kappa shape index (κ2) is 8.03. The van der Waals surface area contributed by atoms with E-state index in [0.29, 0.717) is 17.2 Å². The predicted molar refractivity (Wildman–Crippen MR) is 109 cm³/mol. The summed E-state index contributed by atoms with van der Waals surface area (Å²) < 4.78 is 52.0. The molecule has 0 aliphatic carbocycles. The van der Waals surface area contributed by atoms with Gasteiger partial charge in [-0.25, -0.2) is 12.8 Å². The van der Waals surface area contributed by atoms with Crippen molar-refractivity contribution in [2.24, 2.45) is 0 Å². The van der Waals surface area contributed by atoms with Gasteiger partial charge in [-0.2, -0.15) is 0 Å². The molecule has 154 valence electrons. The zero-order valence-electron chi connectivity index (χ0n) is 15.5. The highest BCUT2D eigenvalue weighted by atomic mass is 32.2. The number of benzene rings is 3. The van der Waals surface area contributed by atoms with E-state index in [-0.39, 0.29) is 17.2 Å². The van der Waals surface area contributed by atoms with Crippen molar-refractivity contribution >= 4 is 27.3 Å². The smallest absolute Gasteiger partial charge is 0.269 e. The largest absolute Gasteiger partial charge is 0.485 e. The number of hydrogen-bond donors (Lipinski definition) is 2. The van der Waals surface area contributed by atoms with Crippen molar-refractivity contribution in [2.45, 2.75) is 11.0 Å². The highest BCUT2D eigenvalue weighted by Crippen LogP contribution is 2.31. The van der Waals surface area contributed by atoms with Gasteiger partial charge in [0, 0.05) is 5.69 Å². The summed E-state index contributed by atoms with van der Waals surface area (Å²) in [6, 6.07) is 18.0. The minimum absolute atomic E-state index is 0.0574. The Balaban J connectivity index is 1.42. The molecule has 2 N–H and O–H groups in total. The van der Waals surface area contributed by atoms with E-state index in [0.717, 1.165) is 6.07 Å². The maximum atomic E-state index is 13.7. The Kier molecular flexibility index (Phi) is 5.28. The molecule has 7 nitrogen and oxygen atoms in total. The Morgan fingerprint density at radius 2 is 1.60 bits per heavy atom. The molecule has 0 aromatic heterocycles. The zero-order valence-corrected chi connectivity index (χ0v) is 16.4. The quantitative estimate of drug-likeness (QED) is 0.650. The molecular formula is C21H17FN2O5S. The Hall–Kier alpha value is -3.59. The van der Waals surface area contributed by atoms with Crippen molar-refractivity contribution in [3.63, 3.8) is 0 Å². The Labute approximate surface area is 172 Å². The fourth-order valence-corrected chi connectivity index (χ4v) is 3.90. The Morgan fingerprint density at radius 3 is 2.33 bits per heavy atom. The molecule has 0 radical (unpaired) electrons. The van der Waals surface area contributed by atoms with E-state index in [1.165, 1.54) is 42.5 Å². The van der Waals surface area contributed by atoms with E-state index in [9.17, 15) is 17.6 Å². The van der Waals surface area contributed by atoms with Crippen LogP contribution in [0.2, 0.25) is 0 Å². The van der Waals surface area contributed by atoms with E-state index in [4.69, 9.17) is 9.47 Å². The highest BCUT2D eigenvalue weighted by molar-refractivity contribution is 7.92. The zero-order chi connectivity index (χ0) is 21.1. The number of ether oxygens (including phenoxy) is 2. The van der Waals surface area contributed by atoms with Gasteiger partial charge in [-0.3, -0.25) is 9.52 Å². The van der Waals surface area contributed by atoms with Gasteiger partial charge in [-0.1, -0.05) is 24.3 Å². The van der Waals surface area contributed by atoms with Crippen LogP contribution in [0.25, 0.3) is 0 Å². The molecular weight excluding hydrogens is 411 g/mol. The van der Waals surface area contributed by atoms with Crippen LogP contribution in [0.3, 0.4) is 0 Å². The third-order valence-electron chi connectivity index (χ3n) is 4.35. The van der Waals surface area contributed by atoms with Crippen LogP contribution in [0.4, 0.5) is 15.8 Å². The number of carbonyl (C=O) groups excluding carboxylic acids is 1. The lowest BCUT2D eigenvalue weighted by Gasteiger charge is -2.25. The van der Waals surface area contributed by atoms with Crippen LogP contribution < -0.4 is 19.5 Å². The number of sulfonamides is 1. The third kappa shape index (κ3) is 4.20. The van der Waals surface area contributed by atoms with E-state index in [1.54, 1.807) is 24.3 Å². The van der Waals surface area contributed by atoms with Gasteiger partial charge in [0.2, 0.25) is 6.10 Å². The van der Waals surface area contributed by atoms with Gasteiger partial charge in [0.1, 0.15) is 12.4 Å². The van der Waals surface area contributed by atoms with Crippen LogP contribution in [0.5, 0.6) is 11.5 Å². The molecule has 3 aromatic carbocycles. The highest BCUT2D eigenvalue weighted by Gasteiger charge is 2.27. The topological polar surface area (TPSA) is 93.7 Å². The number of halogens is 1. The number of anilines is 2. The first-order valence-electron chi connectivity index (χ1n) is 8.99. The Bertz CT molecular complexity index is 1180. The summed E-state index contributed by atoms with van der Waals surface area (Å²) in [6.07, 6.45) is -0.842. The first-order chi connectivity index (χ1) is 14.4. The van der Waals surface area contributed by atoms with Crippen LogP contribution in [-0.2, 0) is 14.8 Å². The van der Waals surface area contributed by atoms with E-state index in [1.807, 2.05) is 0 Å². The molecule has 4 rings (SSSR count). The van der Waals surface area contributed by atoms with Gasteiger partial charge in [-0.15, -0.1) is 0 Å². The van der Waals surface area contributed by atoms with Crippen molar-refractivity contribution < 1.29 is 27.1 Å². The van der Waals surface area contributed by atoms with Crippen LogP contribution in [-0.4, -0.2) is 27.0 Å². The second-order valence-electron chi connectivity index (χ2n) is 6.46. The van der Waals surface area contributed by atoms with Gasteiger partial charge in [0.25, 0.3) is 15.9 Å². The first kappa shape index (κ1) is 19.7. The lowest BCUT2D eigenvalue weighted by molar-refractivity contribution is -0.125. The standard InChI is InChI=1S/C21H17FN2O5S/c22-16-5-1-2-6-17(16)24-30(26,27)15-11-9-14(10-12-15)23-21(25)20-13-28-18-7-3-4-8-19(18)29-20/h1-12,20,24H,13H2,(H,23,25)/t20-/m0/s1. The third-order valence-corrected chi connectivity index (χ3v) is 5.73. The maximum Gasteiger partial charge on any atom is 0.269 e. The summed E-state index contributed by atoms with van der Waals surface area (Å²) in [6.45, 7) is 0.0574. The minimum atomic E-state index is -3.98. The molecule has 0 unspecified atom stereocenters. The molecule has 0 saturated heterocycles. The number of carbonyl (C=O) groups is 1.